The van der Waals surface area contributed by atoms with E-state index < -0.39 is 21.2 Å². The highest BCUT2D eigenvalue weighted by Crippen LogP contribution is 2.42. The van der Waals surface area contributed by atoms with Gasteiger partial charge in [-0.2, -0.15) is 0 Å². The van der Waals surface area contributed by atoms with Crippen molar-refractivity contribution in [2.24, 2.45) is 0 Å². The summed E-state index contributed by atoms with van der Waals surface area (Å²) in [6.45, 7) is -0.193. The predicted octanol–water partition coefficient (Wildman–Crippen LogP) is -0.258. The van der Waals surface area contributed by atoms with E-state index in [9.17, 15) is 4.57 Å². The SMILES string of the molecule is CP(=O)(OCO)OCO. The van der Waals surface area contributed by atoms with Crippen LogP contribution in [0.15, 0.2) is 0 Å². The summed E-state index contributed by atoms with van der Waals surface area (Å²) in [6, 6.07) is 0. The van der Waals surface area contributed by atoms with Gasteiger partial charge in [0.05, 0.1) is 0 Å². The summed E-state index contributed by atoms with van der Waals surface area (Å²) in [5.74, 6) is 0. The fraction of sp³-hybridized carbons (Fsp3) is 1.00. The van der Waals surface area contributed by atoms with Gasteiger partial charge < -0.3 is 10.2 Å². The number of hydrogen-bond donors (Lipinski definition) is 2. The molecule has 0 heterocycles. The molecule has 0 saturated heterocycles. The van der Waals surface area contributed by atoms with Crippen LogP contribution in [0.2, 0.25) is 0 Å². The second-order valence-electron chi connectivity index (χ2n) is 1.29. The summed E-state index contributed by atoms with van der Waals surface area (Å²) in [5, 5.41) is 16.1. The summed E-state index contributed by atoms with van der Waals surface area (Å²) < 4.78 is 19.0. The second-order valence-corrected chi connectivity index (χ2v) is 3.35. The lowest BCUT2D eigenvalue weighted by Gasteiger charge is -2.08. The molecule has 0 spiro atoms. The Hall–Kier alpha value is 0.0700. The van der Waals surface area contributed by atoms with Crippen LogP contribution >= 0.6 is 7.60 Å². The van der Waals surface area contributed by atoms with Crippen LogP contribution in [0.3, 0.4) is 0 Å². The Morgan fingerprint density at radius 1 is 1.33 bits per heavy atom. The smallest absolute Gasteiger partial charge is 0.331 e. The minimum Gasteiger partial charge on any atom is -0.370 e. The molecule has 5 nitrogen and oxygen atoms in total. The molecule has 0 aromatic rings. The van der Waals surface area contributed by atoms with E-state index >= 15 is 0 Å². The van der Waals surface area contributed by atoms with Crippen LogP contribution < -0.4 is 0 Å². The van der Waals surface area contributed by atoms with E-state index in [1.54, 1.807) is 0 Å². The van der Waals surface area contributed by atoms with E-state index in [1.165, 1.54) is 0 Å². The highest BCUT2D eigenvalue weighted by atomic mass is 31.2. The van der Waals surface area contributed by atoms with Gasteiger partial charge in [-0.3, -0.25) is 13.6 Å². The Labute approximate surface area is 52.7 Å². The molecule has 0 aromatic heterocycles. The summed E-state index contributed by atoms with van der Waals surface area (Å²) in [4.78, 5) is 0. The molecule has 0 aromatic carbocycles. The quantitative estimate of drug-likeness (QED) is 0.433. The number of aliphatic hydroxyl groups is 2. The third kappa shape index (κ3) is 4.57. The molecular weight excluding hydrogens is 147 g/mol. The van der Waals surface area contributed by atoms with E-state index in [0.29, 0.717) is 0 Å². The van der Waals surface area contributed by atoms with Crippen LogP contribution in [0.5, 0.6) is 0 Å². The van der Waals surface area contributed by atoms with Gasteiger partial charge >= 0.3 is 7.60 Å². The van der Waals surface area contributed by atoms with Crippen molar-refractivity contribution < 1.29 is 23.8 Å². The summed E-state index contributed by atoms with van der Waals surface area (Å²) in [6.07, 6.45) is 0. The number of hydrogen-bond acceptors (Lipinski definition) is 5. The van der Waals surface area contributed by atoms with E-state index in [0.717, 1.165) is 6.66 Å². The zero-order chi connectivity index (χ0) is 7.33. The van der Waals surface area contributed by atoms with Crippen molar-refractivity contribution in [3.05, 3.63) is 0 Å². The minimum absolute atomic E-state index is 0.673. The standard InChI is InChI=1S/C3H9O5P/c1-9(6,7-2-4)8-3-5/h4-5H,2-3H2,1H3. The molecule has 9 heavy (non-hydrogen) atoms. The Kier molecular flexibility index (Phi) is 4.01. The van der Waals surface area contributed by atoms with Crippen molar-refractivity contribution in [3.63, 3.8) is 0 Å². The first-order valence-corrected chi connectivity index (χ1v) is 4.19. The van der Waals surface area contributed by atoms with Gasteiger partial charge in [-0.15, -0.1) is 0 Å². The molecule has 0 fully saturated rings. The van der Waals surface area contributed by atoms with E-state index in [4.69, 9.17) is 10.2 Å². The molecular formula is C3H9O5P. The molecule has 0 saturated carbocycles. The molecule has 2 N–H and O–H groups in total. The van der Waals surface area contributed by atoms with Crippen molar-refractivity contribution in [2.45, 2.75) is 0 Å². The molecule has 0 amide bonds. The Morgan fingerprint density at radius 3 is 1.89 bits per heavy atom. The van der Waals surface area contributed by atoms with Gasteiger partial charge in [0.2, 0.25) is 0 Å². The molecule has 0 bridgehead atoms. The van der Waals surface area contributed by atoms with Crippen LogP contribution in [0.4, 0.5) is 0 Å². The fourth-order valence-electron chi connectivity index (χ4n) is 0.247. The van der Waals surface area contributed by atoms with Crippen LogP contribution in [0, 0.1) is 0 Å². The highest BCUT2D eigenvalue weighted by molar-refractivity contribution is 7.52. The number of aliphatic hydroxyl groups excluding tert-OH is 2. The first kappa shape index (κ1) is 9.07. The Bertz CT molecular complexity index is 103. The second kappa shape index (κ2) is 3.98. The zero-order valence-corrected chi connectivity index (χ0v) is 5.88. The molecule has 0 aliphatic carbocycles. The van der Waals surface area contributed by atoms with Crippen molar-refractivity contribution >= 4 is 7.60 Å². The fourth-order valence-corrected chi connectivity index (χ4v) is 0.741. The molecule has 6 heteroatoms. The number of rotatable bonds is 4. The van der Waals surface area contributed by atoms with Gasteiger partial charge in [-0.05, 0) is 0 Å². The summed E-state index contributed by atoms with van der Waals surface area (Å²) in [7, 11) is -3.19. The van der Waals surface area contributed by atoms with Crippen molar-refractivity contribution in [1.29, 1.82) is 0 Å². The van der Waals surface area contributed by atoms with Gasteiger partial charge in [-0.1, -0.05) is 0 Å². The maximum absolute atomic E-state index is 10.6. The van der Waals surface area contributed by atoms with Crippen molar-refractivity contribution in [1.82, 2.24) is 0 Å². The van der Waals surface area contributed by atoms with Crippen molar-refractivity contribution in [2.75, 3.05) is 20.3 Å². The monoisotopic (exact) mass is 156 g/mol. The van der Waals surface area contributed by atoms with Gasteiger partial charge in [0.25, 0.3) is 0 Å². The lowest BCUT2D eigenvalue weighted by Crippen LogP contribution is -1.95. The van der Waals surface area contributed by atoms with E-state index in [1.807, 2.05) is 0 Å². The predicted molar refractivity (Wildman–Crippen MR) is 29.9 cm³/mol. The maximum Gasteiger partial charge on any atom is 0.331 e. The average Bonchev–Trinajstić information content (AvgIpc) is 1.64. The maximum atomic E-state index is 10.6. The normalized spacial score (nSPS) is 11.9. The van der Waals surface area contributed by atoms with Gasteiger partial charge in [0.15, 0.2) is 13.6 Å². The first-order chi connectivity index (χ1) is 4.12. The Balaban J connectivity index is 3.58. The largest absolute Gasteiger partial charge is 0.370 e. The molecule has 0 radical (unpaired) electrons. The van der Waals surface area contributed by atoms with Gasteiger partial charge in [0.1, 0.15) is 0 Å². The van der Waals surface area contributed by atoms with E-state index in [-0.39, 0.29) is 0 Å². The summed E-state index contributed by atoms with van der Waals surface area (Å²) >= 11 is 0. The minimum atomic E-state index is -3.19. The Morgan fingerprint density at radius 2 is 1.67 bits per heavy atom. The van der Waals surface area contributed by atoms with Crippen LogP contribution in [0.1, 0.15) is 0 Å². The van der Waals surface area contributed by atoms with Crippen LogP contribution in [-0.2, 0) is 13.6 Å². The molecule has 0 unspecified atom stereocenters. The third-order valence-electron chi connectivity index (χ3n) is 0.584. The van der Waals surface area contributed by atoms with Gasteiger partial charge in [0, 0.05) is 6.66 Å². The average molecular weight is 156 g/mol. The molecule has 0 atom stereocenters. The van der Waals surface area contributed by atoms with Gasteiger partial charge in [-0.25, -0.2) is 0 Å². The lowest BCUT2D eigenvalue weighted by molar-refractivity contribution is 0.0421. The van der Waals surface area contributed by atoms with E-state index in [2.05, 4.69) is 9.05 Å². The molecule has 56 valence electrons. The van der Waals surface area contributed by atoms with Crippen LogP contribution in [-0.4, -0.2) is 30.5 Å². The first-order valence-electron chi connectivity index (χ1n) is 2.20. The van der Waals surface area contributed by atoms with Crippen molar-refractivity contribution in [3.8, 4) is 0 Å². The lowest BCUT2D eigenvalue weighted by atomic mass is 11.6. The third-order valence-corrected chi connectivity index (χ3v) is 1.75. The molecule has 0 aliphatic rings. The topological polar surface area (TPSA) is 76.0 Å². The zero-order valence-electron chi connectivity index (χ0n) is 4.98. The van der Waals surface area contributed by atoms with Crippen LogP contribution in [0.25, 0.3) is 0 Å². The summed E-state index contributed by atoms with van der Waals surface area (Å²) in [5.41, 5.74) is 0. The molecule has 0 aliphatic heterocycles. The highest BCUT2D eigenvalue weighted by Gasteiger charge is 2.14. The molecule has 0 rings (SSSR count).